The molecule has 3 N–H and O–H groups in total. The third-order valence-electron chi connectivity index (χ3n) is 0.144. The molecule has 0 aromatic carbocycles. The number of hydrogen-bond donors (Lipinski definition) is 1. The van der Waals surface area contributed by atoms with E-state index in [9.17, 15) is 0 Å². The van der Waals surface area contributed by atoms with Gasteiger partial charge in [-0.3, -0.25) is 0 Å². The second kappa shape index (κ2) is 9.12. The van der Waals surface area contributed by atoms with Crippen LogP contribution in [0.2, 0.25) is 0 Å². The molecule has 0 saturated carbocycles. The molecule has 0 bridgehead atoms. The largest absolute Gasteiger partial charge is 1.00 e. The van der Waals surface area contributed by atoms with Crippen LogP contribution in [-0.4, -0.2) is 13.1 Å². The Kier molecular flexibility index (Phi) is 17.8. The Morgan fingerprint density at radius 2 is 1.80 bits per heavy atom. The molecule has 26 valence electrons. The van der Waals surface area contributed by atoms with Crippen molar-refractivity contribution >= 4 is 0 Å². The van der Waals surface area contributed by atoms with Gasteiger partial charge >= 0.3 is 51.4 Å². The van der Waals surface area contributed by atoms with Crippen LogP contribution in [0.1, 0.15) is 0 Å². The Bertz CT molecular complexity index is 9.61. The van der Waals surface area contributed by atoms with Crippen LogP contribution in [0.5, 0.6) is 0 Å². The zero-order valence-electron chi connectivity index (χ0n) is 3.49. The molecule has 0 fully saturated rings. The predicted molar refractivity (Wildman–Crippen MR) is 18.2 cm³/mol. The van der Waals surface area contributed by atoms with E-state index in [1.54, 1.807) is 0 Å². The van der Waals surface area contributed by atoms with Crippen molar-refractivity contribution in [1.82, 2.24) is 0 Å². The Balaban J connectivity index is 0. The Morgan fingerprint density at radius 1 is 1.60 bits per heavy atom. The summed E-state index contributed by atoms with van der Waals surface area (Å²) in [5.74, 6) is 0. The van der Waals surface area contributed by atoms with Crippen LogP contribution in [0.25, 0.3) is 5.73 Å². The van der Waals surface area contributed by atoms with Gasteiger partial charge in [-0.15, -0.1) is 6.54 Å². The molecule has 0 heterocycles. The maximum atomic E-state index is 6.33. The number of rotatable bonds is 1. The zero-order chi connectivity index (χ0) is 3.41. The molecule has 0 aromatic heterocycles. The van der Waals surface area contributed by atoms with E-state index in [0.29, 0.717) is 13.1 Å². The van der Waals surface area contributed by atoms with Crippen LogP contribution in [0.3, 0.4) is 0 Å². The molecule has 2 nitrogen and oxygen atoms in total. The van der Waals surface area contributed by atoms with E-state index in [2.05, 4.69) is 0 Å². The third kappa shape index (κ3) is 10.8. The molecular formula is C2H7KN2. The van der Waals surface area contributed by atoms with Gasteiger partial charge in [0, 0.05) is 0 Å². The molecule has 3 heteroatoms. The van der Waals surface area contributed by atoms with Gasteiger partial charge in [-0.2, -0.15) is 0 Å². The molecular weight excluding hydrogens is 91.1 g/mol. The second-order valence-corrected chi connectivity index (χ2v) is 0.539. The standard InChI is InChI=1S/C2H7N2.K/c3-1-2-4;/h3H,1-2,4H2;/q-1;+1. The van der Waals surface area contributed by atoms with Gasteiger partial charge in [0.05, 0.1) is 0 Å². The van der Waals surface area contributed by atoms with Gasteiger partial charge in [0.25, 0.3) is 0 Å². The van der Waals surface area contributed by atoms with E-state index >= 15 is 0 Å². The summed E-state index contributed by atoms with van der Waals surface area (Å²) in [6.07, 6.45) is 0. The summed E-state index contributed by atoms with van der Waals surface area (Å²) in [5, 5.41) is 0. The first-order valence-electron chi connectivity index (χ1n) is 1.26. The van der Waals surface area contributed by atoms with E-state index < -0.39 is 0 Å². The van der Waals surface area contributed by atoms with Gasteiger partial charge in [0.1, 0.15) is 0 Å². The minimum atomic E-state index is 0. The fourth-order valence-corrected chi connectivity index (χ4v) is 0. The Morgan fingerprint density at radius 3 is 1.80 bits per heavy atom. The molecule has 0 atom stereocenters. The van der Waals surface area contributed by atoms with E-state index in [0.717, 1.165) is 0 Å². The molecule has 0 aliphatic heterocycles. The molecule has 0 rings (SSSR count). The number of hydrogen-bond acceptors (Lipinski definition) is 1. The predicted octanol–water partition coefficient (Wildman–Crippen LogP) is -3.00. The van der Waals surface area contributed by atoms with E-state index in [1.165, 1.54) is 0 Å². The van der Waals surface area contributed by atoms with Gasteiger partial charge in [-0.05, 0) is 6.54 Å². The fraction of sp³-hybridized carbons (Fsp3) is 1.00. The monoisotopic (exact) mass is 98.0 g/mol. The summed E-state index contributed by atoms with van der Waals surface area (Å²) >= 11 is 0. The van der Waals surface area contributed by atoms with Crippen LogP contribution in [-0.2, 0) is 0 Å². The fourth-order valence-electron chi connectivity index (χ4n) is 0. The number of nitrogens with two attached hydrogens (primary N) is 1. The SMILES string of the molecule is [K+].[NH-]CCN. The van der Waals surface area contributed by atoms with Crippen molar-refractivity contribution in [2.75, 3.05) is 13.1 Å². The van der Waals surface area contributed by atoms with E-state index in [1.807, 2.05) is 0 Å². The average Bonchev–Trinajstić information content (AvgIpc) is 1.37. The maximum Gasteiger partial charge on any atom is 1.00 e. The average molecular weight is 98.2 g/mol. The van der Waals surface area contributed by atoms with Crippen LogP contribution >= 0.6 is 0 Å². The molecule has 0 saturated heterocycles. The van der Waals surface area contributed by atoms with Crippen LogP contribution < -0.4 is 57.1 Å². The van der Waals surface area contributed by atoms with Crippen molar-refractivity contribution in [2.24, 2.45) is 5.73 Å². The molecule has 0 unspecified atom stereocenters. The Labute approximate surface area is 74.7 Å². The summed E-state index contributed by atoms with van der Waals surface area (Å²) in [7, 11) is 0. The summed E-state index contributed by atoms with van der Waals surface area (Å²) in [6, 6.07) is 0. The normalized spacial score (nSPS) is 6.00. The van der Waals surface area contributed by atoms with Gasteiger partial charge in [-0.1, -0.05) is 0 Å². The molecule has 0 spiro atoms. The first-order valence-corrected chi connectivity index (χ1v) is 1.26. The molecule has 5 heavy (non-hydrogen) atoms. The Hall–Kier alpha value is 1.56. The molecule has 0 radical (unpaired) electrons. The summed E-state index contributed by atoms with van der Waals surface area (Å²) < 4.78 is 0. The van der Waals surface area contributed by atoms with Crippen molar-refractivity contribution in [3.63, 3.8) is 0 Å². The first-order chi connectivity index (χ1) is 1.91. The second-order valence-electron chi connectivity index (χ2n) is 0.539. The summed E-state index contributed by atoms with van der Waals surface area (Å²) in [5.41, 5.74) is 11.2. The topological polar surface area (TPSA) is 49.8 Å². The molecule has 0 aromatic rings. The zero-order valence-corrected chi connectivity index (χ0v) is 6.61. The van der Waals surface area contributed by atoms with Crippen LogP contribution in [0.15, 0.2) is 0 Å². The quantitative estimate of drug-likeness (QED) is 0.349. The molecule has 0 amide bonds. The van der Waals surface area contributed by atoms with Crippen molar-refractivity contribution in [3.8, 4) is 0 Å². The van der Waals surface area contributed by atoms with Gasteiger partial charge in [0.15, 0.2) is 0 Å². The van der Waals surface area contributed by atoms with E-state index in [-0.39, 0.29) is 51.4 Å². The van der Waals surface area contributed by atoms with Crippen LogP contribution in [0, 0.1) is 0 Å². The van der Waals surface area contributed by atoms with Crippen LogP contribution in [0.4, 0.5) is 0 Å². The van der Waals surface area contributed by atoms with Gasteiger partial charge in [-0.25, -0.2) is 0 Å². The van der Waals surface area contributed by atoms with Gasteiger partial charge in [0.2, 0.25) is 0 Å². The number of nitrogens with one attached hydrogen (secondary N) is 1. The minimum absolute atomic E-state index is 0. The molecule has 0 aliphatic rings. The summed E-state index contributed by atoms with van der Waals surface area (Å²) in [6.45, 7) is 0.833. The summed E-state index contributed by atoms with van der Waals surface area (Å²) in [4.78, 5) is 0. The molecule has 0 aliphatic carbocycles. The van der Waals surface area contributed by atoms with E-state index in [4.69, 9.17) is 11.5 Å². The third-order valence-corrected chi connectivity index (χ3v) is 0.144. The first kappa shape index (κ1) is 9.75. The van der Waals surface area contributed by atoms with Crippen molar-refractivity contribution in [3.05, 3.63) is 5.73 Å². The maximum absolute atomic E-state index is 6.33. The van der Waals surface area contributed by atoms with Gasteiger partial charge < -0.3 is 11.5 Å². The smallest absolute Gasteiger partial charge is 0.676 e. The van der Waals surface area contributed by atoms with Crippen molar-refractivity contribution in [2.45, 2.75) is 0 Å². The van der Waals surface area contributed by atoms with Crippen molar-refractivity contribution < 1.29 is 51.4 Å². The minimum Gasteiger partial charge on any atom is -0.676 e. The van der Waals surface area contributed by atoms with Crippen molar-refractivity contribution in [1.29, 1.82) is 0 Å².